The minimum atomic E-state index is -0.328. The van der Waals surface area contributed by atoms with E-state index in [2.05, 4.69) is 15.7 Å². The Bertz CT molecular complexity index is 1170. The normalized spacial score (nSPS) is 13.0. The number of nitrogens with zero attached hydrogens (tertiary/aromatic N) is 2. The van der Waals surface area contributed by atoms with Crippen LogP contribution in [0.2, 0.25) is 0 Å². The number of amides is 1. The maximum atomic E-state index is 12.8. The fourth-order valence-electron chi connectivity index (χ4n) is 3.05. The molecule has 1 aliphatic rings. The van der Waals surface area contributed by atoms with Gasteiger partial charge < -0.3 is 15.4 Å². The number of aryl methyl sites for hydroxylation is 2. The molecule has 1 aromatic heterocycles. The van der Waals surface area contributed by atoms with Gasteiger partial charge in [0.05, 0.1) is 6.20 Å². The Kier molecular flexibility index (Phi) is 5.27. The first-order valence-electron chi connectivity index (χ1n) is 9.90. The average molecular weight is 404 g/mol. The molecule has 7 nitrogen and oxygen atoms in total. The van der Waals surface area contributed by atoms with Gasteiger partial charge in [-0.15, -0.1) is 0 Å². The number of ether oxygens (including phenoxy) is 1. The Labute approximate surface area is 174 Å². The molecule has 1 fully saturated rings. The third kappa shape index (κ3) is 4.20. The largest absolute Gasteiger partial charge is 0.453 e. The summed E-state index contributed by atoms with van der Waals surface area (Å²) in [7, 11) is 1.58. The molecule has 1 amide bonds. The molecular formula is C23H24N4O3. The molecule has 0 spiro atoms. The Morgan fingerprint density at radius 2 is 1.90 bits per heavy atom. The van der Waals surface area contributed by atoms with E-state index in [1.807, 2.05) is 32.0 Å². The predicted molar refractivity (Wildman–Crippen MR) is 116 cm³/mol. The van der Waals surface area contributed by atoms with Crippen molar-refractivity contribution in [3.63, 3.8) is 0 Å². The van der Waals surface area contributed by atoms with Crippen LogP contribution < -0.4 is 20.9 Å². The summed E-state index contributed by atoms with van der Waals surface area (Å²) in [6, 6.07) is 13.1. The fourth-order valence-corrected chi connectivity index (χ4v) is 3.05. The van der Waals surface area contributed by atoms with Gasteiger partial charge in [-0.25, -0.2) is 4.68 Å². The first-order valence-corrected chi connectivity index (χ1v) is 9.90. The van der Waals surface area contributed by atoms with E-state index in [-0.39, 0.29) is 23.2 Å². The highest BCUT2D eigenvalue weighted by Gasteiger charge is 2.24. The molecule has 0 atom stereocenters. The van der Waals surface area contributed by atoms with Crippen LogP contribution in [0.5, 0.6) is 11.5 Å². The Balaban J connectivity index is 1.65. The molecule has 2 aromatic carbocycles. The van der Waals surface area contributed by atoms with Crippen LogP contribution in [0.3, 0.4) is 0 Å². The number of aromatic nitrogens is 2. The lowest BCUT2D eigenvalue weighted by Crippen LogP contribution is -2.25. The SMILES string of the molecule is Cc1cccc(Oc2cnn(C)c(=O)c2Nc2cccc(C(=O)NC3CC3)c2)c1C. The number of hydrogen-bond donors (Lipinski definition) is 2. The van der Waals surface area contributed by atoms with Crippen molar-refractivity contribution in [2.24, 2.45) is 7.05 Å². The van der Waals surface area contributed by atoms with Gasteiger partial charge in [0.2, 0.25) is 0 Å². The predicted octanol–water partition coefficient (Wildman–Crippen LogP) is 3.83. The topological polar surface area (TPSA) is 85.2 Å². The number of benzene rings is 2. The molecule has 0 radical (unpaired) electrons. The standard InChI is InChI=1S/C23H24N4O3/c1-14-6-4-9-19(15(14)2)30-20-13-24-27(3)23(29)21(20)25-18-8-5-7-16(12-18)22(28)26-17-10-11-17/h4-9,12-13,17,25H,10-11H2,1-3H3,(H,26,28). The van der Waals surface area contributed by atoms with E-state index in [0.29, 0.717) is 22.7 Å². The van der Waals surface area contributed by atoms with Crippen LogP contribution >= 0.6 is 0 Å². The van der Waals surface area contributed by atoms with Crippen molar-refractivity contribution in [3.8, 4) is 11.5 Å². The molecule has 4 rings (SSSR count). The molecule has 7 heteroatoms. The summed E-state index contributed by atoms with van der Waals surface area (Å²) in [6.07, 6.45) is 3.56. The molecule has 1 aliphatic carbocycles. The maximum absolute atomic E-state index is 12.8. The lowest BCUT2D eigenvalue weighted by molar-refractivity contribution is 0.0951. The average Bonchev–Trinajstić information content (AvgIpc) is 3.55. The van der Waals surface area contributed by atoms with Gasteiger partial charge >= 0.3 is 0 Å². The summed E-state index contributed by atoms with van der Waals surface area (Å²) < 4.78 is 7.29. The van der Waals surface area contributed by atoms with Gasteiger partial charge in [-0.3, -0.25) is 9.59 Å². The summed E-state index contributed by atoms with van der Waals surface area (Å²) in [4.78, 5) is 25.1. The van der Waals surface area contributed by atoms with Gasteiger partial charge in [-0.1, -0.05) is 18.2 Å². The van der Waals surface area contributed by atoms with Crippen LogP contribution in [0, 0.1) is 13.8 Å². The third-order valence-electron chi connectivity index (χ3n) is 5.18. The molecule has 0 bridgehead atoms. The fraction of sp³-hybridized carbons (Fsp3) is 0.261. The molecule has 3 aromatic rings. The Morgan fingerprint density at radius 3 is 2.67 bits per heavy atom. The van der Waals surface area contributed by atoms with Crippen LogP contribution in [0.1, 0.15) is 34.3 Å². The molecule has 0 saturated heterocycles. The quantitative estimate of drug-likeness (QED) is 0.652. The monoisotopic (exact) mass is 404 g/mol. The zero-order valence-corrected chi connectivity index (χ0v) is 17.2. The van der Waals surface area contributed by atoms with Crippen molar-refractivity contribution >= 4 is 17.3 Å². The number of anilines is 2. The highest BCUT2D eigenvalue weighted by molar-refractivity contribution is 5.95. The van der Waals surface area contributed by atoms with Crippen molar-refractivity contribution in [1.82, 2.24) is 15.1 Å². The van der Waals surface area contributed by atoms with Gasteiger partial charge in [-0.05, 0) is 62.1 Å². The number of carbonyl (C=O) groups is 1. The van der Waals surface area contributed by atoms with Crippen LogP contribution in [0.25, 0.3) is 0 Å². The molecule has 0 aliphatic heterocycles. The summed E-state index contributed by atoms with van der Waals surface area (Å²) >= 11 is 0. The lowest BCUT2D eigenvalue weighted by atomic mass is 10.1. The van der Waals surface area contributed by atoms with Crippen LogP contribution in [0.4, 0.5) is 11.4 Å². The summed E-state index contributed by atoms with van der Waals surface area (Å²) in [6.45, 7) is 3.97. The minimum Gasteiger partial charge on any atom is -0.453 e. The Hall–Kier alpha value is -3.61. The number of nitrogens with one attached hydrogen (secondary N) is 2. The molecule has 0 unspecified atom stereocenters. The van der Waals surface area contributed by atoms with E-state index >= 15 is 0 Å². The lowest BCUT2D eigenvalue weighted by Gasteiger charge is -2.15. The second kappa shape index (κ2) is 8.02. The van der Waals surface area contributed by atoms with Gasteiger partial charge in [-0.2, -0.15) is 5.10 Å². The van der Waals surface area contributed by atoms with E-state index < -0.39 is 0 Å². The molecule has 154 valence electrons. The molecule has 1 heterocycles. The zero-order chi connectivity index (χ0) is 21.3. The van der Waals surface area contributed by atoms with Gasteiger partial charge in [0.15, 0.2) is 11.4 Å². The second-order valence-corrected chi connectivity index (χ2v) is 7.57. The maximum Gasteiger partial charge on any atom is 0.294 e. The van der Waals surface area contributed by atoms with Crippen LogP contribution in [0.15, 0.2) is 53.5 Å². The molecule has 2 N–H and O–H groups in total. The van der Waals surface area contributed by atoms with Crippen molar-refractivity contribution in [3.05, 3.63) is 75.7 Å². The van der Waals surface area contributed by atoms with Crippen molar-refractivity contribution in [2.45, 2.75) is 32.7 Å². The zero-order valence-electron chi connectivity index (χ0n) is 17.2. The summed E-state index contributed by atoms with van der Waals surface area (Å²) in [5, 5.41) is 10.2. The van der Waals surface area contributed by atoms with Crippen molar-refractivity contribution in [2.75, 3.05) is 5.32 Å². The second-order valence-electron chi connectivity index (χ2n) is 7.57. The molecule has 30 heavy (non-hydrogen) atoms. The number of hydrogen-bond acceptors (Lipinski definition) is 5. The first kappa shape index (κ1) is 19.7. The summed E-state index contributed by atoms with van der Waals surface area (Å²) in [5.74, 6) is 0.862. The van der Waals surface area contributed by atoms with Gasteiger partial charge in [0, 0.05) is 24.3 Å². The van der Waals surface area contributed by atoms with Gasteiger partial charge in [0.25, 0.3) is 11.5 Å². The minimum absolute atomic E-state index is 0.115. The van der Waals surface area contributed by atoms with Crippen LogP contribution in [-0.2, 0) is 7.05 Å². The van der Waals surface area contributed by atoms with E-state index in [0.717, 1.165) is 24.0 Å². The van der Waals surface area contributed by atoms with E-state index in [1.165, 1.54) is 10.9 Å². The smallest absolute Gasteiger partial charge is 0.294 e. The van der Waals surface area contributed by atoms with E-state index in [4.69, 9.17) is 4.74 Å². The molecule has 1 saturated carbocycles. The van der Waals surface area contributed by atoms with E-state index in [9.17, 15) is 9.59 Å². The van der Waals surface area contributed by atoms with Crippen molar-refractivity contribution in [1.29, 1.82) is 0 Å². The van der Waals surface area contributed by atoms with E-state index in [1.54, 1.807) is 31.3 Å². The van der Waals surface area contributed by atoms with Crippen molar-refractivity contribution < 1.29 is 9.53 Å². The number of rotatable bonds is 6. The third-order valence-corrected chi connectivity index (χ3v) is 5.18. The Morgan fingerprint density at radius 1 is 1.13 bits per heavy atom. The van der Waals surface area contributed by atoms with Gasteiger partial charge in [0.1, 0.15) is 5.75 Å². The number of carbonyl (C=O) groups excluding carboxylic acids is 1. The highest BCUT2D eigenvalue weighted by Crippen LogP contribution is 2.31. The molecular weight excluding hydrogens is 380 g/mol. The summed E-state index contributed by atoms with van der Waals surface area (Å²) in [5.41, 5.74) is 3.16. The highest BCUT2D eigenvalue weighted by atomic mass is 16.5. The van der Waals surface area contributed by atoms with Crippen LogP contribution in [-0.4, -0.2) is 21.7 Å². The first-order chi connectivity index (χ1) is 14.4.